The maximum Gasteiger partial charge on any atom is 0.309 e. The van der Waals surface area contributed by atoms with E-state index < -0.39 is 17.7 Å². The number of pyridine rings is 1. The number of nitrogens with one attached hydrogen (secondary N) is 2. The van der Waals surface area contributed by atoms with Gasteiger partial charge in [0.1, 0.15) is 0 Å². The van der Waals surface area contributed by atoms with Crippen molar-refractivity contribution in [1.29, 1.82) is 0 Å². The van der Waals surface area contributed by atoms with E-state index in [2.05, 4.69) is 15.6 Å². The first-order valence-corrected chi connectivity index (χ1v) is 9.08. The molecule has 2 aromatic rings. The number of hydrogen-bond donors (Lipinski definition) is 2. The van der Waals surface area contributed by atoms with Gasteiger partial charge >= 0.3 is 11.9 Å². The number of fused-ring (bicyclic) bond motifs is 2. The highest BCUT2D eigenvalue weighted by Crippen LogP contribution is 2.41. The number of benzene rings is 1. The molecular weight excluding hydrogens is 370 g/mol. The molecule has 2 aliphatic rings. The summed E-state index contributed by atoms with van der Waals surface area (Å²) in [7, 11) is 0. The summed E-state index contributed by atoms with van der Waals surface area (Å²) in [4.78, 5) is 28.4. The van der Waals surface area contributed by atoms with Crippen LogP contribution in [0.2, 0.25) is 5.02 Å². The van der Waals surface area contributed by atoms with Crippen molar-refractivity contribution in [2.24, 2.45) is 0 Å². The van der Waals surface area contributed by atoms with Crippen LogP contribution in [-0.2, 0) is 31.3 Å². The smallest absolute Gasteiger partial charge is 0.309 e. The first-order valence-electron chi connectivity index (χ1n) is 8.71. The molecule has 0 bridgehead atoms. The van der Waals surface area contributed by atoms with Crippen LogP contribution >= 0.6 is 11.6 Å². The Hall–Kier alpha value is -2.64. The molecule has 1 fully saturated rings. The number of carbonyl (C=O) groups is 2. The molecule has 7 nitrogen and oxygen atoms in total. The fourth-order valence-corrected chi connectivity index (χ4v) is 3.61. The second kappa shape index (κ2) is 7.17. The third kappa shape index (κ3) is 3.48. The Morgan fingerprint density at radius 2 is 1.89 bits per heavy atom. The van der Waals surface area contributed by atoms with Crippen molar-refractivity contribution < 1.29 is 19.1 Å². The lowest BCUT2D eigenvalue weighted by molar-refractivity contribution is -0.225. The van der Waals surface area contributed by atoms with E-state index >= 15 is 0 Å². The number of ether oxygens (including phenoxy) is 2. The molecule has 3 heterocycles. The molecule has 2 aliphatic heterocycles. The minimum Gasteiger partial charge on any atom is -0.416 e. The van der Waals surface area contributed by atoms with Crippen molar-refractivity contribution in [3.63, 3.8) is 0 Å². The Balaban J connectivity index is 1.83. The molecule has 0 radical (unpaired) electrons. The summed E-state index contributed by atoms with van der Waals surface area (Å²) in [6.45, 7) is 0.803. The number of carbonyl (C=O) groups excluding carboxylic acids is 2. The van der Waals surface area contributed by atoms with Crippen molar-refractivity contribution in [3.05, 3.63) is 52.8 Å². The first kappa shape index (κ1) is 17.8. The van der Waals surface area contributed by atoms with Crippen LogP contribution in [0, 0.1) is 0 Å². The Labute approximate surface area is 161 Å². The van der Waals surface area contributed by atoms with Crippen LogP contribution in [0.25, 0.3) is 0 Å². The van der Waals surface area contributed by atoms with Gasteiger partial charge in [0.05, 0.1) is 42.0 Å². The van der Waals surface area contributed by atoms with Crippen LogP contribution in [0.5, 0.6) is 0 Å². The molecule has 0 atom stereocenters. The fourth-order valence-electron chi connectivity index (χ4n) is 3.39. The van der Waals surface area contributed by atoms with Crippen LogP contribution in [0.4, 0.5) is 11.4 Å². The number of hydrogen-bond acceptors (Lipinski definition) is 7. The molecule has 1 spiro atoms. The number of nitrogens with zero attached hydrogens (tertiary/aromatic N) is 1. The van der Waals surface area contributed by atoms with Crippen molar-refractivity contribution in [3.8, 4) is 0 Å². The van der Waals surface area contributed by atoms with E-state index in [9.17, 15) is 9.59 Å². The summed E-state index contributed by atoms with van der Waals surface area (Å²) < 4.78 is 11.3. The molecule has 8 heteroatoms. The third-order valence-corrected chi connectivity index (χ3v) is 4.92. The predicted octanol–water partition coefficient (Wildman–Crippen LogP) is 2.66. The van der Waals surface area contributed by atoms with E-state index in [4.69, 9.17) is 21.1 Å². The van der Waals surface area contributed by atoms with Gasteiger partial charge in [-0.15, -0.1) is 0 Å². The standard InChI is InChI=1S/C19H18ClN3O4/c20-15-4-3-14-13(18(15)23-12-2-1-8-21-10-12)7-9-22-11-19(14)26-16(24)5-6-17(25)27-19/h1-4,8,10,22-23H,5-7,9,11H2. The van der Waals surface area contributed by atoms with Gasteiger partial charge in [0.2, 0.25) is 0 Å². The molecule has 1 saturated heterocycles. The highest BCUT2D eigenvalue weighted by Gasteiger charge is 2.45. The van der Waals surface area contributed by atoms with Crippen LogP contribution < -0.4 is 10.6 Å². The van der Waals surface area contributed by atoms with Gasteiger partial charge in [-0.25, -0.2) is 0 Å². The number of esters is 2. The van der Waals surface area contributed by atoms with Gasteiger partial charge in [-0.05, 0) is 42.8 Å². The van der Waals surface area contributed by atoms with E-state index in [1.807, 2.05) is 12.1 Å². The van der Waals surface area contributed by atoms with Crippen molar-refractivity contribution in [2.45, 2.75) is 25.0 Å². The quantitative estimate of drug-likeness (QED) is 0.765. The lowest BCUT2D eigenvalue weighted by Crippen LogP contribution is -2.43. The van der Waals surface area contributed by atoms with Crippen LogP contribution in [0.3, 0.4) is 0 Å². The molecule has 1 aromatic carbocycles. The van der Waals surface area contributed by atoms with Gasteiger partial charge in [0, 0.05) is 11.8 Å². The van der Waals surface area contributed by atoms with E-state index in [1.165, 1.54) is 0 Å². The zero-order chi connectivity index (χ0) is 18.9. The van der Waals surface area contributed by atoms with Crippen molar-refractivity contribution in [1.82, 2.24) is 10.3 Å². The topological polar surface area (TPSA) is 89.6 Å². The van der Waals surface area contributed by atoms with Gasteiger partial charge in [-0.2, -0.15) is 0 Å². The summed E-state index contributed by atoms with van der Waals surface area (Å²) in [6.07, 6.45) is 4.00. The van der Waals surface area contributed by atoms with Crippen molar-refractivity contribution in [2.75, 3.05) is 18.4 Å². The average Bonchev–Trinajstić information content (AvgIpc) is 2.92. The maximum absolute atomic E-state index is 12.1. The molecule has 140 valence electrons. The number of anilines is 2. The van der Waals surface area contributed by atoms with Gasteiger partial charge < -0.3 is 20.1 Å². The summed E-state index contributed by atoms with van der Waals surface area (Å²) in [5, 5.41) is 7.00. The van der Waals surface area contributed by atoms with E-state index in [-0.39, 0.29) is 19.4 Å². The summed E-state index contributed by atoms with van der Waals surface area (Å²) in [5.41, 5.74) is 2.90. The summed E-state index contributed by atoms with van der Waals surface area (Å²) >= 11 is 6.46. The Bertz CT molecular complexity index is 870. The Morgan fingerprint density at radius 3 is 2.59 bits per heavy atom. The Kier molecular flexibility index (Phi) is 4.72. The molecule has 0 unspecified atom stereocenters. The van der Waals surface area contributed by atoms with Gasteiger partial charge in [-0.3, -0.25) is 14.6 Å². The molecule has 0 saturated carbocycles. The minimum atomic E-state index is -1.49. The summed E-state index contributed by atoms with van der Waals surface area (Å²) in [6, 6.07) is 7.15. The maximum atomic E-state index is 12.1. The monoisotopic (exact) mass is 387 g/mol. The van der Waals surface area contributed by atoms with E-state index in [0.717, 1.165) is 11.3 Å². The van der Waals surface area contributed by atoms with Gasteiger partial charge in [0.25, 0.3) is 5.79 Å². The molecule has 1 aromatic heterocycles. The van der Waals surface area contributed by atoms with Crippen LogP contribution in [0.1, 0.15) is 24.0 Å². The number of aromatic nitrogens is 1. The van der Waals surface area contributed by atoms with Crippen LogP contribution in [-0.4, -0.2) is 30.0 Å². The molecule has 0 aliphatic carbocycles. The zero-order valence-electron chi connectivity index (χ0n) is 14.5. The van der Waals surface area contributed by atoms with Gasteiger partial charge in [-0.1, -0.05) is 11.6 Å². The molecule has 27 heavy (non-hydrogen) atoms. The highest BCUT2D eigenvalue weighted by atomic mass is 35.5. The second-order valence-corrected chi connectivity index (χ2v) is 6.85. The SMILES string of the molecule is O=C1CCC(=O)OC2(CNCCc3c2ccc(Cl)c3Nc2cccnc2)O1. The number of halogens is 1. The minimum absolute atomic E-state index is 0.00426. The molecule has 4 rings (SSSR count). The largest absolute Gasteiger partial charge is 0.416 e. The molecule has 2 N–H and O–H groups in total. The lowest BCUT2D eigenvalue weighted by Gasteiger charge is -2.32. The zero-order valence-corrected chi connectivity index (χ0v) is 15.2. The van der Waals surface area contributed by atoms with Crippen LogP contribution in [0.15, 0.2) is 36.7 Å². The Morgan fingerprint density at radius 1 is 1.11 bits per heavy atom. The highest BCUT2D eigenvalue weighted by molar-refractivity contribution is 6.33. The molecular formula is C19H18ClN3O4. The second-order valence-electron chi connectivity index (χ2n) is 6.44. The van der Waals surface area contributed by atoms with Gasteiger partial charge in [0.15, 0.2) is 0 Å². The van der Waals surface area contributed by atoms with E-state index in [0.29, 0.717) is 29.2 Å². The number of rotatable bonds is 2. The average molecular weight is 388 g/mol. The lowest BCUT2D eigenvalue weighted by atomic mass is 9.96. The van der Waals surface area contributed by atoms with Crippen molar-refractivity contribution >= 4 is 34.9 Å². The fraction of sp³-hybridized carbons (Fsp3) is 0.316. The normalized spacial score (nSPS) is 18.7. The predicted molar refractivity (Wildman–Crippen MR) is 98.6 cm³/mol. The molecule has 0 amide bonds. The summed E-state index contributed by atoms with van der Waals surface area (Å²) in [5.74, 6) is -2.42. The third-order valence-electron chi connectivity index (χ3n) is 4.60. The first-order chi connectivity index (χ1) is 13.1. The van der Waals surface area contributed by atoms with E-state index in [1.54, 1.807) is 24.5 Å².